The van der Waals surface area contributed by atoms with Crippen LogP contribution in [-0.2, 0) is 16.0 Å². The third-order valence-electron chi connectivity index (χ3n) is 4.47. The summed E-state index contributed by atoms with van der Waals surface area (Å²) in [6, 6.07) is 10.8. The number of nitrogens with zero attached hydrogens (tertiary/aromatic N) is 1. The number of benzene rings is 2. The summed E-state index contributed by atoms with van der Waals surface area (Å²) in [6.07, 6.45) is 0.534. The zero-order valence-corrected chi connectivity index (χ0v) is 18.1. The minimum Gasteiger partial charge on any atom is -0.493 e. The van der Waals surface area contributed by atoms with E-state index in [1.165, 1.54) is 35.6 Å². The van der Waals surface area contributed by atoms with E-state index in [1.54, 1.807) is 14.2 Å². The highest BCUT2D eigenvalue weighted by Crippen LogP contribution is 2.35. The zero-order chi connectivity index (χ0) is 22.4. The smallest absolute Gasteiger partial charge is 0.313 e. The second-order valence-corrected chi connectivity index (χ2v) is 7.65. The maximum Gasteiger partial charge on any atom is 0.313 e. The lowest BCUT2D eigenvalue weighted by Crippen LogP contribution is -2.36. The Bertz CT molecular complexity index is 1080. The second-order valence-electron chi connectivity index (χ2n) is 6.56. The van der Waals surface area contributed by atoms with Crippen LogP contribution in [0.25, 0.3) is 10.6 Å². The van der Waals surface area contributed by atoms with Crippen molar-refractivity contribution in [1.82, 2.24) is 10.3 Å². The summed E-state index contributed by atoms with van der Waals surface area (Å²) < 4.78 is 23.5. The van der Waals surface area contributed by atoms with Gasteiger partial charge in [0.25, 0.3) is 0 Å². The van der Waals surface area contributed by atoms with E-state index in [9.17, 15) is 14.0 Å². The van der Waals surface area contributed by atoms with Gasteiger partial charge < -0.3 is 20.1 Å². The van der Waals surface area contributed by atoms with Crippen molar-refractivity contribution in [3.05, 3.63) is 58.9 Å². The van der Waals surface area contributed by atoms with E-state index >= 15 is 0 Å². The molecule has 162 valence electrons. The molecular weight excluding hydrogens is 421 g/mol. The predicted octanol–water partition coefficient (Wildman–Crippen LogP) is 3.57. The number of methoxy groups -OCH3 is 2. The maximum atomic E-state index is 12.9. The van der Waals surface area contributed by atoms with Gasteiger partial charge >= 0.3 is 11.8 Å². The normalized spacial score (nSPS) is 10.5. The minimum absolute atomic E-state index is 0.282. The van der Waals surface area contributed by atoms with Crippen LogP contribution in [0, 0.1) is 12.7 Å². The lowest BCUT2D eigenvalue weighted by atomic mass is 10.2. The summed E-state index contributed by atoms with van der Waals surface area (Å²) in [4.78, 5) is 29.6. The van der Waals surface area contributed by atoms with Gasteiger partial charge in [-0.1, -0.05) is 0 Å². The fraction of sp³-hybridized carbons (Fsp3) is 0.227. The molecule has 0 fully saturated rings. The van der Waals surface area contributed by atoms with Gasteiger partial charge in [-0.3, -0.25) is 9.59 Å². The lowest BCUT2D eigenvalue weighted by Gasteiger charge is -2.08. The van der Waals surface area contributed by atoms with Crippen LogP contribution in [0.5, 0.6) is 11.5 Å². The third kappa shape index (κ3) is 5.58. The quantitative estimate of drug-likeness (QED) is 0.545. The molecule has 31 heavy (non-hydrogen) atoms. The van der Waals surface area contributed by atoms with Crippen molar-refractivity contribution in [2.45, 2.75) is 13.3 Å². The molecule has 0 aliphatic carbocycles. The van der Waals surface area contributed by atoms with Crippen LogP contribution in [0.2, 0.25) is 0 Å². The number of thiazole rings is 1. The van der Waals surface area contributed by atoms with Gasteiger partial charge in [0.05, 0.1) is 19.9 Å². The third-order valence-corrected chi connectivity index (χ3v) is 5.74. The number of aryl methyl sites for hydroxylation is 1. The first-order valence-electron chi connectivity index (χ1n) is 9.44. The van der Waals surface area contributed by atoms with Crippen LogP contribution in [0.15, 0.2) is 42.5 Å². The number of aromatic nitrogens is 1. The summed E-state index contributed by atoms with van der Waals surface area (Å²) >= 11 is 1.51. The van der Waals surface area contributed by atoms with Gasteiger partial charge in [-0.15, -0.1) is 11.3 Å². The summed E-state index contributed by atoms with van der Waals surface area (Å²) in [5.74, 6) is -0.727. The highest BCUT2D eigenvalue weighted by atomic mass is 32.1. The molecule has 9 heteroatoms. The number of hydrogen-bond acceptors (Lipinski definition) is 6. The van der Waals surface area contributed by atoms with Gasteiger partial charge in [-0.25, -0.2) is 9.37 Å². The SMILES string of the molecule is COc1ccc(-c2nc(C)c(CCNC(=O)C(=O)Nc3ccc(F)cc3)s2)cc1OC. The van der Waals surface area contributed by atoms with E-state index in [0.717, 1.165) is 21.1 Å². The van der Waals surface area contributed by atoms with Crippen molar-refractivity contribution in [1.29, 1.82) is 0 Å². The van der Waals surface area contributed by atoms with Crippen LogP contribution in [-0.4, -0.2) is 37.6 Å². The van der Waals surface area contributed by atoms with Crippen LogP contribution in [0.4, 0.5) is 10.1 Å². The molecule has 0 atom stereocenters. The van der Waals surface area contributed by atoms with Crippen molar-refractivity contribution >= 4 is 28.8 Å². The summed E-state index contributed by atoms with van der Waals surface area (Å²) in [5, 5.41) is 5.84. The Balaban J connectivity index is 1.57. The zero-order valence-electron chi connectivity index (χ0n) is 17.3. The molecule has 0 saturated carbocycles. The number of rotatable bonds is 7. The fourth-order valence-electron chi connectivity index (χ4n) is 2.84. The molecule has 0 radical (unpaired) electrons. The Morgan fingerprint density at radius 1 is 1.03 bits per heavy atom. The number of carbonyl (C=O) groups excluding carboxylic acids is 2. The standard InChI is InChI=1S/C22H22FN3O4S/c1-13-19(31-22(25-13)14-4-9-17(29-2)18(12-14)30-3)10-11-24-20(27)21(28)26-16-7-5-15(23)6-8-16/h4-9,12H,10-11H2,1-3H3,(H,24,27)(H,26,28). The molecule has 2 amide bonds. The monoisotopic (exact) mass is 443 g/mol. The van der Waals surface area contributed by atoms with E-state index in [-0.39, 0.29) is 6.54 Å². The van der Waals surface area contributed by atoms with Crippen LogP contribution < -0.4 is 20.1 Å². The Hall–Kier alpha value is -3.46. The number of halogens is 1. The highest BCUT2D eigenvalue weighted by molar-refractivity contribution is 7.15. The number of anilines is 1. The predicted molar refractivity (Wildman–Crippen MR) is 117 cm³/mol. The van der Waals surface area contributed by atoms with E-state index in [0.29, 0.717) is 23.6 Å². The van der Waals surface area contributed by atoms with Crippen LogP contribution >= 0.6 is 11.3 Å². The average molecular weight is 444 g/mol. The number of hydrogen-bond donors (Lipinski definition) is 2. The van der Waals surface area contributed by atoms with Crippen molar-refractivity contribution in [3.63, 3.8) is 0 Å². The van der Waals surface area contributed by atoms with Crippen molar-refractivity contribution < 1.29 is 23.5 Å². The Morgan fingerprint density at radius 2 is 1.74 bits per heavy atom. The molecule has 0 aliphatic heterocycles. The molecule has 1 heterocycles. The lowest BCUT2D eigenvalue weighted by molar-refractivity contribution is -0.136. The highest BCUT2D eigenvalue weighted by Gasteiger charge is 2.15. The summed E-state index contributed by atoms with van der Waals surface area (Å²) in [6.45, 7) is 2.18. The number of nitrogens with one attached hydrogen (secondary N) is 2. The molecule has 2 aromatic carbocycles. The minimum atomic E-state index is -0.807. The topological polar surface area (TPSA) is 89.5 Å². The van der Waals surface area contributed by atoms with Crippen LogP contribution in [0.3, 0.4) is 0 Å². The van der Waals surface area contributed by atoms with Gasteiger partial charge in [-0.2, -0.15) is 0 Å². The van der Waals surface area contributed by atoms with E-state index in [2.05, 4.69) is 15.6 Å². The second kappa shape index (κ2) is 10.0. The van der Waals surface area contributed by atoms with E-state index in [1.807, 2.05) is 25.1 Å². The van der Waals surface area contributed by atoms with Crippen molar-refractivity contribution in [2.75, 3.05) is 26.1 Å². The number of amides is 2. The number of carbonyl (C=O) groups is 2. The van der Waals surface area contributed by atoms with E-state index < -0.39 is 17.6 Å². The Kier molecular flexibility index (Phi) is 7.19. The molecule has 3 rings (SSSR count). The van der Waals surface area contributed by atoms with Gasteiger partial charge in [0.15, 0.2) is 11.5 Å². The van der Waals surface area contributed by atoms with Gasteiger partial charge in [0.1, 0.15) is 10.8 Å². The Labute approximate surface area is 183 Å². The molecule has 0 unspecified atom stereocenters. The number of ether oxygens (including phenoxy) is 2. The molecule has 0 spiro atoms. The Morgan fingerprint density at radius 3 is 2.42 bits per heavy atom. The molecule has 1 aromatic heterocycles. The summed E-state index contributed by atoms with van der Waals surface area (Å²) in [7, 11) is 3.16. The summed E-state index contributed by atoms with van der Waals surface area (Å²) in [5.41, 5.74) is 2.11. The largest absolute Gasteiger partial charge is 0.493 e. The van der Waals surface area contributed by atoms with E-state index in [4.69, 9.17) is 9.47 Å². The maximum absolute atomic E-state index is 12.9. The van der Waals surface area contributed by atoms with Crippen molar-refractivity contribution in [3.8, 4) is 22.1 Å². The first-order valence-corrected chi connectivity index (χ1v) is 10.3. The molecule has 0 bridgehead atoms. The molecule has 2 N–H and O–H groups in total. The molecule has 7 nitrogen and oxygen atoms in total. The van der Waals surface area contributed by atoms with Gasteiger partial charge in [0.2, 0.25) is 0 Å². The molecular formula is C22H22FN3O4S. The molecule has 3 aromatic rings. The van der Waals surface area contributed by atoms with Crippen molar-refractivity contribution in [2.24, 2.45) is 0 Å². The van der Waals surface area contributed by atoms with Gasteiger partial charge in [0, 0.05) is 29.1 Å². The van der Waals surface area contributed by atoms with Crippen LogP contribution in [0.1, 0.15) is 10.6 Å². The fourth-order valence-corrected chi connectivity index (χ4v) is 3.90. The molecule has 0 saturated heterocycles. The average Bonchev–Trinajstić information content (AvgIpc) is 3.15. The first kappa shape index (κ1) is 22.2. The first-order chi connectivity index (χ1) is 14.9. The molecule has 0 aliphatic rings. The van der Waals surface area contributed by atoms with Gasteiger partial charge in [-0.05, 0) is 49.4 Å².